The van der Waals surface area contributed by atoms with Crippen molar-refractivity contribution in [1.29, 1.82) is 0 Å². The fourth-order valence-electron chi connectivity index (χ4n) is 4.02. The minimum absolute atomic E-state index is 1.19. The van der Waals surface area contributed by atoms with Crippen molar-refractivity contribution in [1.82, 2.24) is 0 Å². The van der Waals surface area contributed by atoms with E-state index in [9.17, 15) is 0 Å². The first-order chi connectivity index (χ1) is 6.95. The maximum absolute atomic E-state index is 2.00. The van der Waals surface area contributed by atoms with Crippen molar-refractivity contribution in [3.63, 3.8) is 0 Å². The van der Waals surface area contributed by atoms with Gasteiger partial charge in [0.1, 0.15) is 0 Å². The van der Waals surface area contributed by atoms with Crippen LogP contribution in [0.4, 0.5) is 0 Å². The van der Waals surface area contributed by atoms with E-state index in [1.54, 1.807) is 38.5 Å². The molecule has 0 aromatic rings. The quantitative estimate of drug-likeness (QED) is 0.518. The lowest BCUT2D eigenvalue weighted by Gasteiger charge is -2.26. The van der Waals surface area contributed by atoms with Crippen molar-refractivity contribution in [3.8, 4) is 0 Å². The minimum Gasteiger partial charge on any atom is -0.0683 e. The van der Waals surface area contributed by atoms with Gasteiger partial charge in [-0.05, 0) is 49.4 Å². The highest BCUT2D eigenvalue weighted by Gasteiger charge is 2.48. The third-order valence-electron chi connectivity index (χ3n) is 4.35. The maximum atomic E-state index is 2.00. The molecule has 3 saturated carbocycles. The zero-order valence-corrected chi connectivity index (χ0v) is 10.6. The average molecular weight is 196 g/mol. The van der Waals surface area contributed by atoms with Gasteiger partial charge in [-0.2, -0.15) is 0 Å². The standard InChI is InChI=1S/C10H16.2C2H6/c1-2-7-6-8-4-5-10(7)9(8)3-1;2*1-2/h7-10H,1-6H2;2*1-2H3. The van der Waals surface area contributed by atoms with E-state index in [2.05, 4.69) is 0 Å². The van der Waals surface area contributed by atoms with Gasteiger partial charge in [-0.15, -0.1) is 0 Å². The molecular weight excluding hydrogens is 168 g/mol. The predicted molar refractivity (Wildman–Crippen MR) is 64.4 cm³/mol. The SMILES string of the molecule is C1CC2CC3CCC2C3C1.CC.CC. The summed E-state index contributed by atoms with van der Waals surface area (Å²) in [6.45, 7) is 8.00. The second-order valence-electron chi connectivity index (χ2n) is 4.59. The summed E-state index contributed by atoms with van der Waals surface area (Å²) in [4.78, 5) is 0. The predicted octanol–water partition coefficient (Wildman–Crippen LogP) is 4.89. The summed E-state index contributed by atoms with van der Waals surface area (Å²) in [5.74, 6) is 4.80. The molecule has 0 saturated heterocycles. The summed E-state index contributed by atoms with van der Waals surface area (Å²) >= 11 is 0. The van der Waals surface area contributed by atoms with Gasteiger partial charge in [0.2, 0.25) is 0 Å². The summed E-state index contributed by atoms with van der Waals surface area (Å²) in [6.07, 6.45) is 9.53. The normalized spacial score (nSPS) is 42.0. The Morgan fingerprint density at radius 1 is 0.643 bits per heavy atom. The summed E-state index contributed by atoms with van der Waals surface area (Å²) < 4.78 is 0. The summed E-state index contributed by atoms with van der Waals surface area (Å²) in [6, 6.07) is 0. The molecule has 0 aromatic heterocycles. The molecule has 3 aliphatic carbocycles. The van der Waals surface area contributed by atoms with E-state index in [0.717, 1.165) is 0 Å². The van der Waals surface area contributed by atoms with Crippen molar-refractivity contribution < 1.29 is 0 Å². The molecule has 0 heteroatoms. The molecule has 0 aromatic carbocycles. The van der Waals surface area contributed by atoms with Gasteiger partial charge in [0.05, 0.1) is 0 Å². The Hall–Kier alpha value is 0. The van der Waals surface area contributed by atoms with Crippen LogP contribution >= 0.6 is 0 Å². The van der Waals surface area contributed by atoms with E-state index < -0.39 is 0 Å². The third kappa shape index (κ3) is 1.99. The smallest absolute Gasteiger partial charge is 0.0355 e. The Kier molecular flexibility index (Phi) is 4.98. The number of hydrogen-bond acceptors (Lipinski definition) is 0. The first-order valence-corrected chi connectivity index (χ1v) is 6.95. The molecule has 3 fully saturated rings. The Morgan fingerprint density at radius 3 is 1.79 bits per heavy atom. The van der Waals surface area contributed by atoms with E-state index in [1.165, 1.54) is 23.7 Å². The van der Waals surface area contributed by atoms with Gasteiger partial charge in [-0.3, -0.25) is 0 Å². The van der Waals surface area contributed by atoms with Crippen LogP contribution in [0.15, 0.2) is 0 Å². The lowest BCUT2D eigenvalue weighted by molar-refractivity contribution is 0.240. The van der Waals surface area contributed by atoms with Crippen LogP contribution in [0.1, 0.15) is 66.2 Å². The summed E-state index contributed by atoms with van der Waals surface area (Å²) in [5, 5.41) is 0. The van der Waals surface area contributed by atoms with E-state index >= 15 is 0 Å². The van der Waals surface area contributed by atoms with Gasteiger partial charge < -0.3 is 0 Å². The fraction of sp³-hybridized carbons (Fsp3) is 1.00. The highest BCUT2D eigenvalue weighted by Crippen LogP contribution is 2.58. The molecule has 0 N–H and O–H groups in total. The van der Waals surface area contributed by atoms with Gasteiger partial charge in [0.25, 0.3) is 0 Å². The average Bonchev–Trinajstić information content (AvgIpc) is 2.77. The minimum atomic E-state index is 1.19. The zero-order valence-electron chi connectivity index (χ0n) is 10.6. The van der Waals surface area contributed by atoms with Crippen LogP contribution in [0.3, 0.4) is 0 Å². The molecule has 0 nitrogen and oxygen atoms in total. The lowest BCUT2D eigenvalue weighted by Crippen LogP contribution is -2.17. The van der Waals surface area contributed by atoms with E-state index in [-0.39, 0.29) is 0 Å². The zero-order chi connectivity index (χ0) is 10.6. The van der Waals surface area contributed by atoms with Crippen molar-refractivity contribution in [3.05, 3.63) is 0 Å². The van der Waals surface area contributed by atoms with Gasteiger partial charge in [-0.25, -0.2) is 0 Å². The van der Waals surface area contributed by atoms with Crippen molar-refractivity contribution >= 4 is 0 Å². The molecule has 0 spiro atoms. The van der Waals surface area contributed by atoms with Gasteiger partial charge >= 0.3 is 0 Å². The van der Waals surface area contributed by atoms with E-state index in [4.69, 9.17) is 0 Å². The molecule has 0 heterocycles. The lowest BCUT2D eigenvalue weighted by atomic mass is 9.79. The summed E-state index contributed by atoms with van der Waals surface area (Å²) in [7, 11) is 0. The molecule has 84 valence electrons. The Morgan fingerprint density at radius 2 is 1.21 bits per heavy atom. The molecule has 0 aliphatic heterocycles. The van der Waals surface area contributed by atoms with E-state index in [1.807, 2.05) is 27.7 Å². The van der Waals surface area contributed by atoms with Gasteiger partial charge in [0.15, 0.2) is 0 Å². The third-order valence-corrected chi connectivity index (χ3v) is 4.35. The molecule has 0 radical (unpaired) electrons. The molecule has 3 aliphatic rings. The van der Waals surface area contributed by atoms with Crippen molar-refractivity contribution in [2.45, 2.75) is 66.2 Å². The molecule has 4 unspecified atom stereocenters. The Labute approximate surface area is 90.5 Å². The van der Waals surface area contributed by atoms with Crippen LogP contribution in [-0.4, -0.2) is 0 Å². The fourth-order valence-corrected chi connectivity index (χ4v) is 4.02. The largest absolute Gasteiger partial charge is 0.0683 e. The highest BCUT2D eigenvalue weighted by atomic mass is 14.5. The first-order valence-electron chi connectivity index (χ1n) is 6.95. The molecule has 0 amide bonds. The molecule has 14 heavy (non-hydrogen) atoms. The second-order valence-corrected chi connectivity index (χ2v) is 4.59. The topological polar surface area (TPSA) is 0 Å². The highest BCUT2D eigenvalue weighted by molar-refractivity contribution is 4.99. The van der Waals surface area contributed by atoms with Crippen LogP contribution in [0.2, 0.25) is 0 Å². The van der Waals surface area contributed by atoms with Crippen LogP contribution in [0.25, 0.3) is 0 Å². The Balaban J connectivity index is 0.000000222. The van der Waals surface area contributed by atoms with Gasteiger partial charge in [0, 0.05) is 0 Å². The van der Waals surface area contributed by atoms with Crippen molar-refractivity contribution in [2.24, 2.45) is 23.7 Å². The molecule has 4 atom stereocenters. The molecule has 3 rings (SSSR count). The number of hydrogen-bond donors (Lipinski definition) is 0. The summed E-state index contributed by atoms with van der Waals surface area (Å²) in [5.41, 5.74) is 0. The van der Waals surface area contributed by atoms with Crippen LogP contribution < -0.4 is 0 Å². The number of rotatable bonds is 0. The van der Waals surface area contributed by atoms with Crippen LogP contribution in [-0.2, 0) is 0 Å². The Bertz CT molecular complexity index is 146. The van der Waals surface area contributed by atoms with Gasteiger partial charge in [-0.1, -0.05) is 40.5 Å². The maximum Gasteiger partial charge on any atom is -0.0355 e. The monoisotopic (exact) mass is 196 g/mol. The molecular formula is C14H28. The first kappa shape index (κ1) is 12.1. The van der Waals surface area contributed by atoms with Crippen molar-refractivity contribution in [2.75, 3.05) is 0 Å². The molecule has 4 bridgehead atoms. The van der Waals surface area contributed by atoms with Crippen LogP contribution in [0.5, 0.6) is 0 Å². The van der Waals surface area contributed by atoms with Crippen LogP contribution in [0, 0.1) is 23.7 Å². The van der Waals surface area contributed by atoms with E-state index in [0.29, 0.717) is 0 Å². The second kappa shape index (κ2) is 5.78.